The van der Waals surface area contributed by atoms with Gasteiger partial charge in [0.05, 0.1) is 0 Å². The van der Waals surface area contributed by atoms with Crippen molar-refractivity contribution in [3.05, 3.63) is 29.6 Å². The first kappa shape index (κ1) is 15.1. The lowest BCUT2D eigenvalue weighted by Crippen LogP contribution is -2.45. The first-order valence-corrected chi connectivity index (χ1v) is 7.13. The van der Waals surface area contributed by atoms with Crippen LogP contribution in [0.1, 0.15) is 31.9 Å². The molecule has 0 bridgehead atoms. The maximum atomic E-state index is 4.24. The topological polar surface area (TPSA) is 19.4 Å². The van der Waals surface area contributed by atoms with Gasteiger partial charge in [-0.15, -0.1) is 0 Å². The van der Waals surface area contributed by atoms with Crippen LogP contribution in [0.4, 0.5) is 0 Å². The van der Waals surface area contributed by atoms with E-state index >= 15 is 0 Å². The van der Waals surface area contributed by atoms with Crippen LogP contribution in [0.25, 0.3) is 0 Å². The van der Waals surface area contributed by atoms with Gasteiger partial charge >= 0.3 is 0 Å². The minimum atomic E-state index is 1.05. The van der Waals surface area contributed by atoms with Crippen LogP contribution >= 0.6 is 0 Å². The molecular weight excluding hydrogens is 222 g/mol. The van der Waals surface area contributed by atoms with Crippen LogP contribution in [-0.4, -0.2) is 47.5 Å². The zero-order chi connectivity index (χ0) is 13.4. The summed E-state index contributed by atoms with van der Waals surface area (Å²) < 4.78 is 0. The predicted molar refractivity (Wildman–Crippen MR) is 77.7 cm³/mol. The molecule has 1 aromatic heterocycles. The average molecular weight is 249 g/mol. The lowest BCUT2D eigenvalue weighted by molar-refractivity contribution is 0.132. The predicted octanol–water partition coefficient (Wildman–Crippen LogP) is 2.55. The molecule has 1 aliphatic heterocycles. The molecule has 0 saturated carbocycles. The van der Waals surface area contributed by atoms with Crippen molar-refractivity contribution in [3.63, 3.8) is 0 Å². The molecule has 0 aromatic carbocycles. The zero-order valence-corrected chi connectivity index (χ0v) is 12.3. The van der Waals surface area contributed by atoms with Crippen molar-refractivity contribution < 1.29 is 0 Å². The Morgan fingerprint density at radius 3 is 2.22 bits per heavy atom. The van der Waals surface area contributed by atoms with Gasteiger partial charge in [-0.1, -0.05) is 26.8 Å². The van der Waals surface area contributed by atoms with Gasteiger partial charge in [-0.25, -0.2) is 0 Å². The summed E-state index contributed by atoms with van der Waals surface area (Å²) in [5.41, 5.74) is 2.59. The van der Waals surface area contributed by atoms with Crippen LogP contribution in [-0.2, 0) is 6.54 Å². The van der Waals surface area contributed by atoms with Crippen LogP contribution in [0.2, 0.25) is 0 Å². The van der Waals surface area contributed by atoms with Crippen molar-refractivity contribution in [2.75, 3.05) is 32.7 Å². The highest BCUT2D eigenvalue weighted by atomic mass is 15.3. The highest BCUT2D eigenvalue weighted by Crippen LogP contribution is 2.08. The first-order chi connectivity index (χ1) is 8.78. The minimum absolute atomic E-state index is 1.05. The highest BCUT2D eigenvalue weighted by molar-refractivity contribution is 5.16. The summed E-state index contributed by atoms with van der Waals surface area (Å²) in [6.07, 6.45) is 3.90. The van der Waals surface area contributed by atoms with E-state index < -0.39 is 0 Å². The van der Waals surface area contributed by atoms with Crippen LogP contribution in [0, 0.1) is 6.92 Å². The van der Waals surface area contributed by atoms with E-state index in [0.29, 0.717) is 0 Å². The van der Waals surface area contributed by atoms with Crippen molar-refractivity contribution in [1.29, 1.82) is 0 Å². The second-order valence-electron chi connectivity index (χ2n) is 4.58. The summed E-state index contributed by atoms with van der Waals surface area (Å²) in [6.45, 7) is 15.3. The zero-order valence-electron chi connectivity index (χ0n) is 12.3. The molecule has 1 fully saturated rings. The number of nitrogens with zero attached hydrogens (tertiary/aromatic N) is 3. The molecule has 0 N–H and O–H groups in total. The van der Waals surface area contributed by atoms with Crippen LogP contribution in [0.3, 0.4) is 0 Å². The van der Waals surface area contributed by atoms with E-state index in [9.17, 15) is 0 Å². The number of hydrogen-bond donors (Lipinski definition) is 0. The fourth-order valence-corrected chi connectivity index (χ4v) is 2.23. The van der Waals surface area contributed by atoms with Gasteiger partial charge in [-0.05, 0) is 24.6 Å². The Morgan fingerprint density at radius 1 is 1.06 bits per heavy atom. The third-order valence-corrected chi connectivity index (χ3v) is 3.25. The van der Waals surface area contributed by atoms with Gasteiger partial charge in [-0.3, -0.25) is 9.88 Å². The Kier molecular flexibility index (Phi) is 6.91. The number of piperazine rings is 1. The second kappa shape index (κ2) is 8.22. The molecule has 0 spiro atoms. The van der Waals surface area contributed by atoms with E-state index in [-0.39, 0.29) is 0 Å². The Hall–Kier alpha value is -0.930. The Balaban J connectivity index is 0.000000771. The van der Waals surface area contributed by atoms with E-state index in [1.54, 1.807) is 0 Å². The fraction of sp³-hybridized carbons (Fsp3) is 0.667. The summed E-state index contributed by atoms with van der Waals surface area (Å²) in [6, 6.07) is 2.24. The van der Waals surface area contributed by atoms with Crippen LogP contribution in [0.15, 0.2) is 18.5 Å². The Bertz CT molecular complexity index is 330. The van der Waals surface area contributed by atoms with E-state index in [4.69, 9.17) is 0 Å². The number of likely N-dealkylation sites (N-methyl/N-ethyl adjacent to an activating group) is 1. The summed E-state index contributed by atoms with van der Waals surface area (Å²) in [5.74, 6) is 0. The third-order valence-electron chi connectivity index (χ3n) is 3.25. The van der Waals surface area contributed by atoms with E-state index in [1.165, 1.54) is 43.9 Å². The largest absolute Gasteiger partial charge is 0.301 e. The quantitative estimate of drug-likeness (QED) is 0.820. The summed E-state index contributed by atoms with van der Waals surface area (Å²) in [4.78, 5) is 9.27. The molecule has 1 aliphatic rings. The summed E-state index contributed by atoms with van der Waals surface area (Å²) in [7, 11) is 0. The molecule has 2 heterocycles. The van der Waals surface area contributed by atoms with Crippen molar-refractivity contribution >= 4 is 0 Å². The lowest BCUT2D eigenvalue weighted by Gasteiger charge is -2.33. The molecule has 2 rings (SSSR count). The normalized spacial score (nSPS) is 17.1. The van der Waals surface area contributed by atoms with Gasteiger partial charge in [0.2, 0.25) is 0 Å². The maximum absolute atomic E-state index is 4.24. The SMILES string of the molecule is CC.CCN1CCN(Cc2cncc(C)c2)CC1. The van der Waals surface area contributed by atoms with E-state index in [0.717, 1.165) is 6.54 Å². The Labute approximate surface area is 112 Å². The smallest absolute Gasteiger partial charge is 0.0313 e. The summed E-state index contributed by atoms with van der Waals surface area (Å²) >= 11 is 0. The van der Waals surface area contributed by atoms with Crippen molar-refractivity contribution in [3.8, 4) is 0 Å². The van der Waals surface area contributed by atoms with Crippen LogP contribution < -0.4 is 0 Å². The number of aromatic nitrogens is 1. The van der Waals surface area contributed by atoms with Gasteiger partial charge in [0.1, 0.15) is 0 Å². The molecule has 0 radical (unpaired) electrons. The van der Waals surface area contributed by atoms with Crippen molar-refractivity contribution in [2.24, 2.45) is 0 Å². The van der Waals surface area contributed by atoms with Crippen molar-refractivity contribution in [1.82, 2.24) is 14.8 Å². The first-order valence-electron chi connectivity index (χ1n) is 7.13. The van der Waals surface area contributed by atoms with Gasteiger partial charge in [-0.2, -0.15) is 0 Å². The number of rotatable bonds is 3. The number of hydrogen-bond acceptors (Lipinski definition) is 3. The monoisotopic (exact) mass is 249 g/mol. The molecule has 0 amide bonds. The molecule has 3 heteroatoms. The lowest BCUT2D eigenvalue weighted by atomic mass is 10.2. The standard InChI is InChI=1S/C13H21N3.C2H6/c1-3-15-4-6-16(7-5-15)11-13-8-12(2)9-14-10-13;1-2/h8-10H,3-7,11H2,1-2H3;1-2H3. The maximum Gasteiger partial charge on any atom is 0.0313 e. The number of pyridine rings is 1. The molecular formula is C15H27N3. The molecule has 3 nitrogen and oxygen atoms in total. The number of aryl methyl sites for hydroxylation is 1. The fourth-order valence-electron chi connectivity index (χ4n) is 2.23. The Morgan fingerprint density at radius 2 is 1.67 bits per heavy atom. The molecule has 102 valence electrons. The van der Waals surface area contributed by atoms with E-state index in [2.05, 4.69) is 34.7 Å². The molecule has 1 saturated heterocycles. The summed E-state index contributed by atoms with van der Waals surface area (Å²) in [5, 5.41) is 0. The second-order valence-corrected chi connectivity index (χ2v) is 4.58. The molecule has 0 atom stereocenters. The molecule has 18 heavy (non-hydrogen) atoms. The van der Waals surface area contributed by atoms with Gasteiger partial charge < -0.3 is 4.90 Å². The molecule has 1 aromatic rings. The average Bonchev–Trinajstić information content (AvgIpc) is 2.42. The minimum Gasteiger partial charge on any atom is -0.301 e. The van der Waals surface area contributed by atoms with Crippen molar-refractivity contribution in [2.45, 2.75) is 34.2 Å². The van der Waals surface area contributed by atoms with Gasteiger partial charge in [0.25, 0.3) is 0 Å². The highest BCUT2D eigenvalue weighted by Gasteiger charge is 2.15. The van der Waals surface area contributed by atoms with Gasteiger partial charge in [0.15, 0.2) is 0 Å². The van der Waals surface area contributed by atoms with E-state index in [1.807, 2.05) is 26.2 Å². The molecule has 0 aliphatic carbocycles. The third kappa shape index (κ3) is 4.75. The molecule has 0 unspecified atom stereocenters. The van der Waals surface area contributed by atoms with Gasteiger partial charge in [0, 0.05) is 45.1 Å². The van der Waals surface area contributed by atoms with Crippen LogP contribution in [0.5, 0.6) is 0 Å².